The van der Waals surface area contributed by atoms with Crippen LogP contribution < -0.4 is 5.32 Å². The van der Waals surface area contributed by atoms with E-state index in [2.05, 4.69) is 42.4 Å². The summed E-state index contributed by atoms with van der Waals surface area (Å²) < 4.78 is 0. The van der Waals surface area contributed by atoms with Gasteiger partial charge in [0.2, 0.25) is 12.3 Å². The lowest BCUT2D eigenvalue weighted by atomic mass is 9.90. The van der Waals surface area contributed by atoms with Gasteiger partial charge in [-0.05, 0) is 66.3 Å². The van der Waals surface area contributed by atoms with Crippen LogP contribution in [0.2, 0.25) is 0 Å². The van der Waals surface area contributed by atoms with E-state index in [9.17, 15) is 9.59 Å². The maximum atomic E-state index is 11.9. The maximum absolute atomic E-state index is 11.9. The van der Waals surface area contributed by atoms with Crippen LogP contribution in [0.3, 0.4) is 0 Å². The SMILES string of the molecule is CC/C(C)=C/C(=C\N(C)C=O)c1cc2c(cc1Cc1ccccn1)NC(=O)CC2. The molecule has 0 saturated carbocycles. The molecule has 0 radical (unpaired) electrons. The monoisotopic (exact) mass is 389 g/mol. The summed E-state index contributed by atoms with van der Waals surface area (Å²) in [7, 11) is 1.74. The molecule has 0 spiro atoms. The third-order valence-corrected chi connectivity index (χ3v) is 5.10. The number of nitrogens with one attached hydrogen (secondary N) is 1. The van der Waals surface area contributed by atoms with E-state index >= 15 is 0 Å². The number of hydrogen-bond donors (Lipinski definition) is 1. The third-order valence-electron chi connectivity index (χ3n) is 5.10. The van der Waals surface area contributed by atoms with Gasteiger partial charge >= 0.3 is 0 Å². The summed E-state index contributed by atoms with van der Waals surface area (Å²) in [6.07, 6.45) is 9.34. The molecule has 1 N–H and O–H groups in total. The molecule has 2 heterocycles. The molecule has 29 heavy (non-hydrogen) atoms. The van der Waals surface area contributed by atoms with Gasteiger partial charge in [-0.25, -0.2) is 0 Å². The summed E-state index contributed by atoms with van der Waals surface area (Å²) in [4.78, 5) is 29.2. The molecule has 0 bridgehead atoms. The first-order valence-electron chi connectivity index (χ1n) is 9.92. The zero-order valence-electron chi connectivity index (χ0n) is 17.2. The molecular formula is C24H27N3O2. The van der Waals surface area contributed by atoms with Gasteiger partial charge in [0.15, 0.2) is 0 Å². The summed E-state index contributed by atoms with van der Waals surface area (Å²) >= 11 is 0. The highest BCUT2D eigenvalue weighted by molar-refractivity contribution is 5.95. The first kappa shape index (κ1) is 20.5. The second-order valence-corrected chi connectivity index (χ2v) is 7.41. The van der Waals surface area contributed by atoms with Crippen molar-refractivity contribution < 1.29 is 9.59 Å². The number of pyridine rings is 1. The smallest absolute Gasteiger partial charge is 0.224 e. The minimum absolute atomic E-state index is 0.0483. The van der Waals surface area contributed by atoms with Gasteiger partial charge in [-0.1, -0.05) is 24.6 Å². The Hall–Kier alpha value is -3.21. The third kappa shape index (κ3) is 5.19. The van der Waals surface area contributed by atoms with Crippen molar-refractivity contribution in [2.75, 3.05) is 12.4 Å². The molecule has 0 aliphatic carbocycles. The Morgan fingerprint density at radius 2 is 2.10 bits per heavy atom. The molecule has 150 valence electrons. The van der Waals surface area contributed by atoms with Crippen molar-refractivity contribution in [3.05, 3.63) is 76.8 Å². The van der Waals surface area contributed by atoms with Gasteiger partial charge in [0.05, 0.1) is 0 Å². The van der Waals surface area contributed by atoms with E-state index in [-0.39, 0.29) is 5.91 Å². The molecule has 0 saturated heterocycles. The van der Waals surface area contributed by atoms with E-state index in [0.717, 1.165) is 46.5 Å². The largest absolute Gasteiger partial charge is 0.326 e. The van der Waals surface area contributed by atoms with Crippen LogP contribution in [-0.4, -0.2) is 29.2 Å². The molecule has 1 aromatic carbocycles. The van der Waals surface area contributed by atoms with E-state index < -0.39 is 0 Å². The lowest BCUT2D eigenvalue weighted by molar-refractivity contribution is -0.116. The van der Waals surface area contributed by atoms with Crippen molar-refractivity contribution in [3.63, 3.8) is 0 Å². The average molecular weight is 389 g/mol. The van der Waals surface area contributed by atoms with E-state index in [1.165, 1.54) is 10.5 Å². The quantitative estimate of drug-likeness (QED) is 0.566. The molecule has 1 aliphatic rings. The van der Waals surface area contributed by atoms with Crippen molar-refractivity contribution in [1.82, 2.24) is 9.88 Å². The molecule has 1 aliphatic heterocycles. The fourth-order valence-corrected chi connectivity index (χ4v) is 3.39. The zero-order chi connectivity index (χ0) is 20.8. The number of fused-ring (bicyclic) bond motifs is 1. The van der Waals surface area contributed by atoms with E-state index in [0.29, 0.717) is 19.3 Å². The number of anilines is 1. The fourth-order valence-electron chi connectivity index (χ4n) is 3.39. The Kier molecular flexibility index (Phi) is 6.60. The first-order valence-corrected chi connectivity index (χ1v) is 9.92. The minimum atomic E-state index is 0.0483. The molecule has 3 rings (SSSR count). The Morgan fingerprint density at radius 1 is 1.28 bits per heavy atom. The number of aromatic nitrogens is 1. The summed E-state index contributed by atoms with van der Waals surface area (Å²) in [5.41, 5.74) is 7.27. The van der Waals surface area contributed by atoms with Crippen molar-refractivity contribution in [1.29, 1.82) is 0 Å². The van der Waals surface area contributed by atoms with Crippen molar-refractivity contribution in [2.45, 2.75) is 39.5 Å². The van der Waals surface area contributed by atoms with Gasteiger partial charge in [-0.2, -0.15) is 0 Å². The van der Waals surface area contributed by atoms with Gasteiger partial charge in [0.25, 0.3) is 0 Å². The normalized spacial score (nSPS) is 14.2. The van der Waals surface area contributed by atoms with Crippen LogP contribution in [-0.2, 0) is 22.4 Å². The summed E-state index contributed by atoms with van der Waals surface area (Å²) in [5.74, 6) is 0.0483. The van der Waals surface area contributed by atoms with E-state index in [1.807, 2.05) is 24.4 Å². The Labute approximate surface area is 172 Å². The average Bonchev–Trinajstić information content (AvgIpc) is 2.73. The van der Waals surface area contributed by atoms with Crippen LogP contribution in [0, 0.1) is 0 Å². The van der Waals surface area contributed by atoms with Gasteiger partial charge in [-0.15, -0.1) is 0 Å². The standard InChI is InChI=1S/C24H27N3O2/c1-4-17(2)11-20(15-27(3)16-28)22-13-18-8-9-24(29)26-23(18)14-19(22)12-21-7-5-6-10-25-21/h5-7,10-11,13-16H,4,8-9,12H2,1-3H3,(H,26,29)/b17-11+,20-15+. The highest BCUT2D eigenvalue weighted by Crippen LogP contribution is 2.32. The highest BCUT2D eigenvalue weighted by atomic mass is 16.1. The number of rotatable bonds is 7. The number of nitrogens with zero attached hydrogens (tertiary/aromatic N) is 2. The molecule has 2 aromatic rings. The minimum Gasteiger partial charge on any atom is -0.326 e. The first-order chi connectivity index (χ1) is 14.0. The predicted octanol–water partition coefficient (Wildman–Crippen LogP) is 4.34. The van der Waals surface area contributed by atoms with Crippen LogP contribution >= 0.6 is 0 Å². The predicted molar refractivity (Wildman–Crippen MR) is 116 cm³/mol. The zero-order valence-corrected chi connectivity index (χ0v) is 17.2. The fraction of sp³-hybridized carbons (Fsp3) is 0.292. The van der Waals surface area contributed by atoms with Gasteiger partial charge in [0, 0.05) is 43.7 Å². The number of carbonyl (C=O) groups is 2. The Morgan fingerprint density at radius 3 is 2.79 bits per heavy atom. The van der Waals surface area contributed by atoms with Crippen LogP contribution in [0.25, 0.3) is 5.57 Å². The molecule has 0 unspecified atom stereocenters. The van der Waals surface area contributed by atoms with Crippen molar-refractivity contribution in [3.8, 4) is 0 Å². The molecular weight excluding hydrogens is 362 g/mol. The molecule has 0 atom stereocenters. The summed E-state index contributed by atoms with van der Waals surface area (Å²) in [5, 5.41) is 3.00. The molecule has 1 aromatic heterocycles. The van der Waals surface area contributed by atoms with Crippen LogP contribution in [0.1, 0.15) is 49.1 Å². The molecule has 5 nitrogen and oxygen atoms in total. The van der Waals surface area contributed by atoms with Crippen molar-refractivity contribution >= 4 is 23.6 Å². The number of carbonyl (C=O) groups excluding carboxylic acids is 2. The van der Waals surface area contributed by atoms with E-state index in [1.54, 1.807) is 13.2 Å². The molecule has 0 fully saturated rings. The Balaban J connectivity index is 2.16. The number of amides is 2. The second kappa shape index (κ2) is 9.32. The van der Waals surface area contributed by atoms with Gasteiger partial charge in [-0.3, -0.25) is 14.6 Å². The summed E-state index contributed by atoms with van der Waals surface area (Å²) in [6.45, 7) is 4.20. The summed E-state index contributed by atoms with van der Waals surface area (Å²) in [6, 6.07) is 10.1. The molecule has 2 amide bonds. The lowest BCUT2D eigenvalue weighted by Gasteiger charge is -2.22. The number of benzene rings is 1. The van der Waals surface area contributed by atoms with Crippen LogP contribution in [0.4, 0.5) is 5.69 Å². The van der Waals surface area contributed by atoms with Gasteiger partial charge in [0.1, 0.15) is 0 Å². The lowest BCUT2D eigenvalue weighted by Crippen LogP contribution is -2.19. The van der Waals surface area contributed by atoms with Crippen LogP contribution in [0.15, 0.2) is 54.4 Å². The Bertz CT molecular complexity index is 962. The number of hydrogen-bond acceptors (Lipinski definition) is 3. The van der Waals surface area contributed by atoms with Crippen LogP contribution in [0.5, 0.6) is 0 Å². The second-order valence-electron chi connectivity index (χ2n) is 7.41. The number of aryl methyl sites for hydroxylation is 1. The van der Waals surface area contributed by atoms with Crippen molar-refractivity contribution in [2.24, 2.45) is 0 Å². The van der Waals surface area contributed by atoms with E-state index in [4.69, 9.17) is 0 Å². The number of allylic oxidation sites excluding steroid dienone is 3. The highest BCUT2D eigenvalue weighted by Gasteiger charge is 2.19. The van der Waals surface area contributed by atoms with Gasteiger partial charge < -0.3 is 10.2 Å². The topological polar surface area (TPSA) is 62.3 Å². The molecule has 5 heteroatoms. The maximum Gasteiger partial charge on any atom is 0.224 e.